The molecule has 0 fully saturated rings. The summed E-state index contributed by atoms with van der Waals surface area (Å²) < 4.78 is 0. The highest BCUT2D eigenvalue weighted by Gasteiger charge is 2.16. The van der Waals surface area contributed by atoms with Gasteiger partial charge in [0, 0.05) is 34.6 Å². The summed E-state index contributed by atoms with van der Waals surface area (Å²) in [5.74, 6) is -0.397. The zero-order valence-corrected chi connectivity index (χ0v) is 16.8. The van der Waals surface area contributed by atoms with Crippen molar-refractivity contribution in [2.75, 3.05) is 16.8 Å². The number of nitrogens with one attached hydrogen (secondary N) is 1. The SMILES string of the molecule is CCN(C(=O)c1cccc(NC(=O)/C=C/c2ccc(Cl)cc2)c1)c1ccccc1. The Labute approximate surface area is 175 Å². The molecule has 29 heavy (non-hydrogen) atoms. The molecule has 0 heterocycles. The number of halogens is 1. The van der Waals surface area contributed by atoms with E-state index in [0.717, 1.165) is 11.3 Å². The summed E-state index contributed by atoms with van der Waals surface area (Å²) >= 11 is 5.86. The Balaban J connectivity index is 1.71. The molecule has 5 heteroatoms. The lowest BCUT2D eigenvalue weighted by Crippen LogP contribution is -2.30. The van der Waals surface area contributed by atoms with E-state index in [0.29, 0.717) is 22.8 Å². The third-order valence-electron chi connectivity index (χ3n) is 4.30. The van der Waals surface area contributed by atoms with Crippen molar-refractivity contribution in [1.82, 2.24) is 0 Å². The fourth-order valence-corrected chi connectivity index (χ4v) is 2.99. The van der Waals surface area contributed by atoms with Crippen molar-refractivity contribution in [3.05, 3.63) is 101 Å². The van der Waals surface area contributed by atoms with Gasteiger partial charge in [0.2, 0.25) is 5.91 Å². The second-order valence-electron chi connectivity index (χ2n) is 6.34. The Morgan fingerprint density at radius 1 is 0.966 bits per heavy atom. The molecule has 3 rings (SSSR count). The fraction of sp³-hybridized carbons (Fsp3) is 0.0833. The van der Waals surface area contributed by atoms with Crippen molar-refractivity contribution in [2.45, 2.75) is 6.92 Å². The molecule has 0 aliphatic carbocycles. The molecule has 0 saturated carbocycles. The van der Waals surface area contributed by atoms with Crippen molar-refractivity contribution in [3.8, 4) is 0 Å². The summed E-state index contributed by atoms with van der Waals surface area (Å²) in [5.41, 5.74) is 2.77. The first kappa shape index (κ1) is 20.4. The molecule has 0 saturated heterocycles. The van der Waals surface area contributed by atoms with E-state index in [1.165, 1.54) is 6.08 Å². The predicted molar refractivity (Wildman–Crippen MR) is 119 cm³/mol. The van der Waals surface area contributed by atoms with E-state index in [4.69, 9.17) is 11.6 Å². The van der Waals surface area contributed by atoms with Crippen LogP contribution in [0.15, 0.2) is 84.9 Å². The van der Waals surface area contributed by atoms with Crippen LogP contribution in [0.2, 0.25) is 5.02 Å². The molecular formula is C24H21ClN2O2. The lowest BCUT2D eigenvalue weighted by Gasteiger charge is -2.21. The lowest BCUT2D eigenvalue weighted by atomic mass is 10.1. The monoisotopic (exact) mass is 404 g/mol. The number of carbonyl (C=O) groups is 2. The van der Waals surface area contributed by atoms with Crippen molar-refractivity contribution >= 4 is 40.9 Å². The number of benzene rings is 3. The summed E-state index contributed by atoms with van der Waals surface area (Å²) in [5, 5.41) is 3.44. The highest BCUT2D eigenvalue weighted by Crippen LogP contribution is 2.19. The molecular weight excluding hydrogens is 384 g/mol. The highest BCUT2D eigenvalue weighted by atomic mass is 35.5. The van der Waals surface area contributed by atoms with Crippen molar-refractivity contribution < 1.29 is 9.59 Å². The summed E-state index contributed by atoms with van der Waals surface area (Å²) in [6, 6.07) is 23.6. The first-order chi connectivity index (χ1) is 14.1. The van der Waals surface area contributed by atoms with Gasteiger partial charge in [-0.15, -0.1) is 0 Å². The van der Waals surface area contributed by atoms with E-state index in [9.17, 15) is 9.59 Å². The van der Waals surface area contributed by atoms with Crippen LogP contribution in [-0.4, -0.2) is 18.4 Å². The Morgan fingerprint density at radius 3 is 2.38 bits per heavy atom. The molecule has 0 aliphatic rings. The summed E-state index contributed by atoms with van der Waals surface area (Å²) in [6.45, 7) is 2.47. The maximum atomic E-state index is 12.9. The molecule has 0 bridgehead atoms. The van der Waals surface area contributed by atoms with Crippen LogP contribution < -0.4 is 10.2 Å². The molecule has 3 aromatic carbocycles. The standard InChI is InChI=1S/C24H21ClN2O2/c1-2-27(22-9-4-3-5-10-22)24(29)19-7-6-8-21(17-19)26-23(28)16-13-18-11-14-20(25)15-12-18/h3-17H,2H2,1H3,(H,26,28)/b16-13+. The van der Waals surface area contributed by atoms with Gasteiger partial charge in [0.25, 0.3) is 5.91 Å². The maximum Gasteiger partial charge on any atom is 0.258 e. The Bertz CT molecular complexity index is 1010. The van der Waals surface area contributed by atoms with Crippen LogP contribution in [0.4, 0.5) is 11.4 Å². The number of amides is 2. The molecule has 0 spiro atoms. The fourth-order valence-electron chi connectivity index (χ4n) is 2.87. The van der Waals surface area contributed by atoms with E-state index < -0.39 is 0 Å². The van der Waals surface area contributed by atoms with Crippen LogP contribution in [0.1, 0.15) is 22.8 Å². The Morgan fingerprint density at radius 2 is 1.69 bits per heavy atom. The highest BCUT2D eigenvalue weighted by molar-refractivity contribution is 6.30. The molecule has 0 aromatic heterocycles. The Kier molecular flexibility index (Phi) is 6.82. The van der Waals surface area contributed by atoms with Crippen molar-refractivity contribution in [3.63, 3.8) is 0 Å². The van der Waals surface area contributed by atoms with Crippen LogP contribution >= 0.6 is 11.6 Å². The number of rotatable bonds is 6. The van der Waals surface area contributed by atoms with Gasteiger partial charge >= 0.3 is 0 Å². The number of anilines is 2. The van der Waals surface area contributed by atoms with E-state index >= 15 is 0 Å². The minimum atomic E-state index is -0.278. The molecule has 146 valence electrons. The predicted octanol–water partition coefficient (Wildman–Crippen LogP) is 5.66. The molecule has 2 amide bonds. The number of hydrogen-bond acceptors (Lipinski definition) is 2. The smallest absolute Gasteiger partial charge is 0.258 e. The second-order valence-corrected chi connectivity index (χ2v) is 6.78. The molecule has 1 N–H and O–H groups in total. The zero-order valence-electron chi connectivity index (χ0n) is 16.0. The molecule has 3 aromatic rings. The van der Waals surface area contributed by atoms with E-state index in [-0.39, 0.29) is 11.8 Å². The largest absolute Gasteiger partial charge is 0.322 e. The van der Waals surface area contributed by atoms with Crippen molar-refractivity contribution in [2.24, 2.45) is 0 Å². The van der Waals surface area contributed by atoms with Gasteiger partial charge in [-0.3, -0.25) is 9.59 Å². The van der Waals surface area contributed by atoms with Gasteiger partial charge in [0.1, 0.15) is 0 Å². The topological polar surface area (TPSA) is 49.4 Å². The zero-order chi connectivity index (χ0) is 20.6. The maximum absolute atomic E-state index is 12.9. The van der Waals surface area contributed by atoms with Gasteiger partial charge in [-0.1, -0.05) is 48.0 Å². The summed E-state index contributed by atoms with van der Waals surface area (Å²) in [6.07, 6.45) is 3.15. The molecule has 0 unspecified atom stereocenters. The normalized spacial score (nSPS) is 10.7. The minimum absolute atomic E-state index is 0.119. The average Bonchev–Trinajstić information content (AvgIpc) is 2.75. The third-order valence-corrected chi connectivity index (χ3v) is 4.56. The first-order valence-electron chi connectivity index (χ1n) is 9.28. The number of para-hydroxylation sites is 1. The molecule has 0 aliphatic heterocycles. The average molecular weight is 405 g/mol. The van der Waals surface area contributed by atoms with Crippen LogP contribution in [-0.2, 0) is 4.79 Å². The summed E-state index contributed by atoms with van der Waals surface area (Å²) in [4.78, 5) is 26.9. The van der Waals surface area contributed by atoms with Crippen LogP contribution in [0.25, 0.3) is 6.08 Å². The molecule has 0 radical (unpaired) electrons. The van der Waals surface area contributed by atoms with Gasteiger partial charge < -0.3 is 10.2 Å². The van der Waals surface area contributed by atoms with Gasteiger partial charge in [0.05, 0.1) is 0 Å². The van der Waals surface area contributed by atoms with Crippen LogP contribution in [0.3, 0.4) is 0 Å². The second kappa shape index (κ2) is 9.71. The molecule has 0 atom stereocenters. The van der Waals surface area contributed by atoms with Gasteiger partial charge in [0.15, 0.2) is 0 Å². The molecule has 4 nitrogen and oxygen atoms in total. The lowest BCUT2D eigenvalue weighted by molar-refractivity contribution is -0.111. The van der Waals surface area contributed by atoms with E-state index in [1.54, 1.807) is 47.4 Å². The van der Waals surface area contributed by atoms with Crippen LogP contribution in [0, 0.1) is 0 Å². The van der Waals surface area contributed by atoms with Crippen LogP contribution in [0.5, 0.6) is 0 Å². The van der Waals surface area contributed by atoms with E-state index in [2.05, 4.69) is 5.32 Å². The minimum Gasteiger partial charge on any atom is -0.322 e. The van der Waals surface area contributed by atoms with Gasteiger partial charge in [-0.2, -0.15) is 0 Å². The van der Waals surface area contributed by atoms with Gasteiger partial charge in [-0.25, -0.2) is 0 Å². The Hall–Kier alpha value is -3.37. The first-order valence-corrected chi connectivity index (χ1v) is 9.66. The van der Waals surface area contributed by atoms with Crippen molar-refractivity contribution in [1.29, 1.82) is 0 Å². The summed E-state index contributed by atoms with van der Waals surface area (Å²) in [7, 11) is 0. The van der Waals surface area contributed by atoms with Gasteiger partial charge in [-0.05, 0) is 61.0 Å². The quantitative estimate of drug-likeness (QED) is 0.539. The number of nitrogens with zero attached hydrogens (tertiary/aromatic N) is 1. The third kappa shape index (κ3) is 5.56. The van der Waals surface area contributed by atoms with E-state index in [1.807, 2.05) is 49.4 Å². The number of carbonyl (C=O) groups excluding carboxylic acids is 2. The number of hydrogen-bond donors (Lipinski definition) is 1.